The van der Waals surface area contributed by atoms with Gasteiger partial charge in [-0.15, -0.1) is 0 Å². The van der Waals surface area contributed by atoms with Gasteiger partial charge in [-0.25, -0.2) is 0 Å². The Hall–Kier alpha value is -2.25. The lowest BCUT2D eigenvalue weighted by Gasteiger charge is -2.31. The molecule has 148 valence electrons. The molecule has 0 aliphatic carbocycles. The summed E-state index contributed by atoms with van der Waals surface area (Å²) in [5.41, 5.74) is 2.09. The molecule has 0 radical (unpaired) electrons. The molecule has 0 saturated carbocycles. The molecule has 5 rings (SSSR count). The Morgan fingerprint density at radius 1 is 1.14 bits per heavy atom. The van der Waals surface area contributed by atoms with Crippen LogP contribution in [-0.2, 0) is 11.2 Å². The average molecular weight is 381 g/mol. The number of nitrogens with zero attached hydrogens (tertiary/aromatic N) is 5. The van der Waals surface area contributed by atoms with Crippen LogP contribution in [0.2, 0.25) is 0 Å². The number of rotatable bonds is 5. The highest BCUT2D eigenvalue weighted by Crippen LogP contribution is 2.29. The van der Waals surface area contributed by atoms with Gasteiger partial charge in [0.15, 0.2) is 0 Å². The van der Waals surface area contributed by atoms with E-state index in [0.29, 0.717) is 18.0 Å². The smallest absolute Gasteiger partial charge is 0.291 e. The van der Waals surface area contributed by atoms with Crippen molar-refractivity contribution in [2.75, 3.05) is 26.2 Å². The molecule has 7 heteroatoms. The lowest BCUT2D eigenvalue weighted by molar-refractivity contribution is 0.0628. The van der Waals surface area contributed by atoms with Gasteiger partial charge in [-0.3, -0.25) is 0 Å². The SMILES string of the molecule is CCc1nn(-c2noc(C3CCN(CC4CCCO4)CC3)n2)c2ccccc12. The first kappa shape index (κ1) is 17.8. The number of hydrogen-bond acceptors (Lipinski definition) is 6. The average Bonchev–Trinajstić information content (AvgIpc) is 3.48. The van der Waals surface area contributed by atoms with E-state index in [9.17, 15) is 0 Å². The van der Waals surface area contributed by atoms with Crippen molar-refractivity contribution in [3.8, 4) is 5.95 Å². The van der Waals surface area contributed by atoms with E-state index in [1.807, 2.05) is 16.8 Å². The van der Waals surface area contributed by atoms with E-state index in [4.69, 9.17) is 19.3 Å². The molecule has 2 aliphatic heterocycles. The van der Waals surface area contributed by atoms with Gasteiger partial charge in [0.1, 0.15) is 0 Å². The second kappa shape index (κ2) is 7.64. The first-order valence-corrected chi connectivity index (χ1v) is 10.5. The maximum atomic E-state index is 5.77. The van der Waals surface area contributed by atoms with Crippen molar-refractivity contribution in [1.82, 2.24) is 24.8 Å². The van der Waals surface area contributed by atoms with Crippen LogP contribution in [0.1, 0.15) is 50.1 Å². The van der Waals surface area contributed by atoms with Gasteiger partial charge < -0.3 is 14.2 Å². The standard InChI is InChI=1S/C21H27N5O2/c1-2-18-17-7-3-4-8-19(17)26(23-18)21-22-20(28-24-21)15-9-11-25(12-10-15)14-16-6-5-13-27-16/h3-4,7-8,15-16H,2,5-6,9-14H2,1H3. The summed E-state index contributed by atoms with van der Waals surface area (Å²) in [6, 6.07) is 8.22. The topological polar surface area (TPSA) is 69.2 Å². The van der Waals surface area contributed by atoms with Gasteiger partial charge in [0.2, 0.25) is 5.89 Å². The first-order chi connectivity index (χ1) is 13.8. The van der Waals surface area contributed by atoms with Crippen LogP contribution < -0.4 is 0 Å². The molecule has 7 nitrogen and oxygen atoms in total. The third-order valence-electron chi connectivity index (χ3n) is 6.04. The highest BCUT2D eigenvalue weighted by molar-refractivity contribution is 5.83. The number of hydrogen-bond donors (Lipinski definition) is 0. The van der Waals surface area contributed by atoms with Gasteiger partial charge in [-0.05, 0) is 56.4 Å². The normalized spacial score (nSPS) is 21.7. The maximum absolute atomic E-state index is 5.77. The minimum Gasteiger partial charge on any atom is -0.377 e. The number of benzene rings is 1. The summed E-state index contributed by atoms with van der Waals surface area (Å²) in [6.45, 7) is 6.22. The second-order valence-electron chi connectivity index (χ2n) is 7.87. The molecule has 1 aromatic carbocycles. The molecular formula is C21H27N5O2. The molecule has 4 heterocycles. The Morgan fingerprint density at radius 2 is 2.00 bits per heavy atom. The van der Waals surface area contributed by atoms with Gasteiger partial charge >= 0.3 is 0 Å². The molecule has 0 bridgehead atoms. The Kier molecular flexibility index (Phi) is 4.86. The Bertz CT molecular complexity index is 935. The minimum atomic E-state index is 0.328. The number of aromatic nitrogens is 4. The first-order valence-electron chi connectivity index (χ1n) is 10.5. The van der Waals surface area contributed by atoms with Crippen LogP contribution >= 0.6 is 0 Å². The Balaban J connectivity index is 1.29. The van der Waals surface area contributed by atoms with Crippen molar-refractivity contribution in [2.24, 2.45) is 0 Å². The molecule has 3 aromatic rings. The fourth-order valence-corrected chi connectivity index (χ4v) is 4.46. The van der Waals surface area contributed by atoms with E-state index in [2.05, 4.69) is 29.1 Å². The van der Waals surface area contributed by atoms with Crippen molar-refractivity contribution in [3.05, 3.63) is 35.9 Å². The van der Waals surface area contributed by atoms with Crippen molar-refractivity contribution in [1.29, 1.82) is 0 Å². The number of likely N-dealkylation sites (tertiary alicyclic amines) is 1. The van der Waals surface area contributed by atoms with Crippen LogP contribution in [0.25, 0.3) is 16.9 Å². The highest BCUT2D eigenvalue weighted by atomic mass is 16.5. The molecule has 1 unspecified atom stereocenters. The van der Waals surface area contributed by atoms with Crippen LogP contribution in [0.5, 0.6) is 0 Å². The van der Waals surface area contributed by atoms with E-state index < -0.39 is 0 Å². The molecule has 0 amide bonds. The van der Waals surface area contributed by atoms with Crippen molar-refractivity contribution in [2.45, 2.75) is 51.0 Å². The summed E-state index contributed by atoms with van der Waals surface area (Å²) in [5.74, 6) is 1.60. The van der Waals surface area contributed by atoms with E-state index in [0.717, 1.165) is 68.0 Å². The molecule has 2 aromatic heterocycles. The van der Waals surface area contributed by atoms with Gasteiger partial charge in [0.25, 0.3) is 5.95 Å². The third kappa shape index (κ3) is 3.33. The molecule has 2 aliphatic rings. The van der Waals surface area contributed by atoms with Crippen LogP contribution in [-0.4, -0.2) is 57.2 Å². The van der Waals surface area contributed by atoms with Gasteiger partial charge in [0.05, 0.1) is 17.3 Å². The fraction of sp³-hybridized carbons (Fsp3) is 0.571. The summed E-state index contributed by atoms with van der Waals surface area (Å²) in [4.78, 5) is 7.22. The molecule has 1 atom stereocenters. The Morgan fingerprint density at radius 3 is 2.79 bits per heavy atom. The maximum Gasteiger partial charge on any atom is 0.291 e. The number of para-hydroxylation sites is 1. The quantitative estimate of drug-likeness (QED) is 0.675. The summed E-state index contributed by atoms with van der Waals surface area (Å²) in [5, 5.41) is 10.1. The monoisotopic (exact) mass is 381 g/mol. The van der Waals surface area contributed by atoms with Crippen LogP contribution in [0.4, 0.5) is 0 Å². The Labute approximate surface area is 164 Å². The van der Waals surface area contributed by atoms with Crippen molar-refractivity contribution >= 4 is 10.9 Å². The summed E-state index contributed by atoms with van der Waals surface area (Å²) < 4.78 is 13.2. The highest BCUT2D eigenvalue weighted by Gasteiger charge is 2.28. The zero-order valence-electron chi connectivity index (χ0n) is 16.4. The summed E-state index contributed by atoms with van der Waals surface area (Å²) in [7, 11) is 0. The van der Waals surface area contributed by atoms with E-state index >= 15 is 0 Å². The van der Waals surface area contributed by atoms with Gasteiger partial charge in [-0.2, -0.15) is 14.8 Å². The van der Waals surface area contributed by atoms with Gasteiger partial charge in [-0.1, -0.05) is 25.1 Å². The number of fused-ring (bicyclic) bond motifs is 1. The summed E-state index contributed by atoms with van der Waals surface area (Å²) in [6.07, 6.45) is 5.80. The van der Waals surface area contributed by atoms with Crippen molar-refractivity contribution in [3.63, 3.8) is 0 Å². The molecule has 0 spiro atoms. The predicted octanol–water partition coefficient (Wildman–Crippen LogP) is 3.33. The zero-order valence-corrected chi connectivity index (χ0v) is 16.4. The molecule has 2 saturated heterocycles. The van der Waals surface area contributed by atoms with Crippen molar-refractivity contribution < 1.29 is 9.26 Å². The van der Waals surface area contributed by atoms with E-state index in [1.54, 1.807) is 0 Å². The largest absolute Gasteiger partial charge is 0.377 e. The second-order valence-corrected chi connectivity index (χ2v) is 7.87. The third-order valence-corrected chi connectivity index (χ3v) is 6.04. The van der Waals surface area contributed by atoms with E-state index in [-0.39, 0.29) is 0 Å². The fourth-order valence-electron chi connectivity index (χ4n) is 4.46. The number of ether oxygens (including phenoxy) is 1. The predicted molar refractivity (Wildman–Crippen MR) is 106 cm³/mol. The zero-order chi connectivity index (χ0) is 18.9. The molecule has 0 N–H and O–H groups in total. The minimum absolute atomic E-state index is 0.328. The van der Waals surface area contributed by atoms with E-state index in [1.165, 1.54) is 12.8 Å². The van der Waals surface area contributed by atoms with Crippen LogP contribution in [0, 0.1) is 0 Å². The molecule has 28 heavy (non-hydrogen) atoms. The van der Waals surface area contributed by atoms with Crippen LogP contribution in [0.15, 0.2) is 28.8 Å². The number of piperidine rings is 1. The number of aryl methyl sites for hydroxylation is 1. The summed E-state index contributed by atoms with van der Waals surface area (Å²) >= 11 is 0. The van der Waals surface area contributed by atoms with Crippen LogP contribution in [0.3, 0.4) is 0 Å². The lowest BCUT2D eigenvalue weighted by atomic mass is 9.96. The lowest BCUT2D eigenvalue weighted by Crippen LogP contribution is -2.38. The molecule has 2 fully saturated rings. The molecular weight excluding hydrogens is 354 g/mol. The van der Waals surface area contributed by atoms with Gasteiger partial charge in [0, 0.05) is 24.5 Å².